The molecule has 46 heavy (non-hydrogen) atoms. The molecule has 6 rings (SSSR count). The van der Waals surface area contributed by atoms with E-state index in [1.807, 2.05) is 42.5 Å². The largest absolute Gasteiger partial charge is 0.472 e. The van der Waals surface area contributed by atoms with Crippen LogP contribution in [0.2, 0.25) is 0 Å². The van der Waals surface area contributed by atoms with Crippen molar-refractivity contribution in [3.05, 3.63) is 48.7 Å². The minimum atomic E-state index is -3.86. The fraction of sp³-hybridized carbons (Fsp3) is 0.531. The van der Waals surface area contributed by atoms with Crippen LogP contribution in [0.5, 0.6) is 5.88 Å². The van der Waals surface area contributed by atoms with Gasteiger partial charge in [-0.05, 0) is 56.0 Å². The maximum Gasteiger partial charge on any atom is 0.407 e. The Morgan fingerprint density at radius 3 is 2.67 bits per heavy atom. The first-order valence-electron chi connectivity index (χ1n) is 15.8. The smallest absolute Gasteiger partial charge is 0.407 e. The third-order valence-electron chi connectivity index (χ3n) is 9.24. The average molecular weight is 654 g/mol. The van der Waals surface area contributed by atoms with E-state index in [4.69, 9.17) is 9.47 Å². The fourth-order valence-electron chi connectivity index (χ4n) is 6.39. The van der Waals surface area contributed by atoms with Gasteiger partial charge in [0.05, 0.1) is 18.9 Å². The summed E-state index contributed by atoms with van der Waals surface area (Å²) in [5, 5.41) is 6.56. The van der Waals surface area contributed by atoms with Crippen molar-refractivity contribution in [2.75, 3.05) is 13.7 Å². The molecule has 0 bridgehead atoms. The lowest BCUT2D eigenvalue weighted by atomic mass is 10.1. The summed E-state index contributed by atoms with van der Waals surface area (Å²) in [7, 11) is -2.64. The number of hydrogen-bond donors (Lipinski definition) is 3. The highest BCUT2D eigenvalue weighted by Crippen LogP contribution is 2.46. The lowest BCUT2D eigenvalue weighted by Gasteiger charge is -2.29. The van der Waals surface area contributed by atoms with Crippen molar-refractivity contribution in [1.29, 1.82) is 0 Å². The van der Waals surface area contributed by atoms with E-state index in [0.29, 0.717) is 38.0 Å². The molecule has 0 radical (unpaired) electrons. The number of ether oxygens (including phenoxy) is 2. The molecule has 1 aromatic heterocycles. The van der Waals surface area contributed by atoms with E-state index in [0.717, 1.165) is 23.6 Å². The Morgan fingerprint density at radius 2 is 1.89 bits per heavy atom. The van der Waals surface area contributed by atoms with Crippen LogP contribution in [0.15, 0.2) is 48.7 Å². The molecule has 5 atom stereocenters. The van der Waals surface area contributed by atoms with Crippen LogP contribution in [0.3, 0.4) is 0 Å². The number of allylic oxidation sites excluding steroid dienone is 1. The summed E-state index contributed by atoms with van der Waals surface area (Å²) in [5.74, 6) is -1.90. The van der Waals surface area contributed by atoms with Gasteiger partial charge < -0.3 is 25.0 Å². The highest BCUT2D eigenvalue weighted by Gasteiger charge is 2.62. The van der Waals surface area contributed by atoms with Crippen LogP contribution in [0, 0.1) is 5.92 Å². The van der Waals surface area contributed by atoms with E-state index < -0.39 is 68.7 Å². The number of pyridine rings is 1. The SMILES string of the molecule is COC(=O)N[C@H]1CCCCC/C=C\[C@H]2C[C@@]2(C(=O)NS(=O)(=O)C2CC2)NC(=O)[C@@H]2C[C@@H](Oc3nccc4ccccc34)CN2C1=O. The zero-order valence-electron chi connectivity index (χ0n) is 25.6. The number of methoxy groups -OCH3 is 1. The molecule has 4 aliphatic rings. The van der Waals surface area contributed by atoms with Gasteiger partial charge in [-0.3, -0.25) is 19.1 Å². The zero-order chi connectivity index (χ0) is 32.5. The zero-order valence-corrected chi connectivity index (χ0v) is 26.5. The normalized spacial score (nSPS) is 29.3. The number of fused-ring (bicyclic) bond motifs is 3. The summed E-state index contributed by atoms with van der Waals surface area (Å²) in [6, 6.07) is 7.41. The summed E-state index contributed by atoms with van der Waals surface area (Å²) < 4.78 is 38.7. The quantitative estimate of drug-likeness (QED) is 0.396. The minimum Gasteiger partial charge on any atom is -0.472 e. The second-order valence-electron chi connectivity index (χ2n) is 12.5. The Balaban J connectivity index is 1.30. The fourth-order valence-corrected chi connectivity index (χ4v) is 7.76. The third-order valence-corrected chi connectivity index (χ3v) is 11.1. The van der Waals surface area contributed by atoms with Crippen LogP contribution in [0.4, 0.5) is 4.79 Å². The Morgan fingerprint density at radius 1 is 1.09 bits per heavy atom. The molecule has 14 heteroatoms. The van der Waals surface area contributed by atoms with Gasteiger partial charge in [0.1, 0.15) is 23.7 Å². The lowest BCUT2D eigenvalue weighted by Crippen LogP contribution is -2.58. The van der Waals surface area contributed by atoms with E-state index in [1.165, 1.54) is 12.0 Å². The molecule has 3 fully saturated rings. The maximum atomic E-state index is 14.1. The van der Waals surface area contributed by atoms with Gasteiger partial charge in [-0.25, -0.2) is 18.2 Å². The molecule has 246 valence electrons. The second kappa shape index (κ2) is 12.9. The first-order valence-corrected chi connectivity index (χ1v) is 17.4. The number of nitrogens with zero attached hydrogens (tertiary/aromatic N) is 2. The van der Waals surface area contributed by atoms with E-state index in [-0.39, 0.29) is 19.4 Å². The molecule has 4 amide bonds. The lowest BCUT2D eigenvalue weighted by molar-refractivity contribution is -0.141. The van der Waals surface area contributed by atoms with Crippen LogP contribution >= 0.6 is 0 Å². The summed E-state index contributed by atoms with van der Waals surface area (Å²) in [5.41, 5.74) is -1.47. The van der Waals surface area contributed by atoms with Crippen molar-refractivity contribution < 1.29 is 37.1 Å². The first-order chi connectivity index (χ1) is 22.1. The number of amides is 4. The predicted molar refractivity (Wildman–Crippen MR) is 167 cm³/mol. The monoisotopic (exact) mass is 653 g/mol. The predicted octanol–water partition coefficient (Wildman–Crippen LogP) is 2.31. The van der Waals surface area contributed by atoms with Crippen LogP contribution < -0.4 is 20.1 Å². The Hall–Kier alpha value is -4.20. The van der Waals surface area contributed by atoms with Crippen molar-refractivity contribution in [1.82, 2.24) is 25.2 Å². The molecule has 0 unspecified atom stereocenters. The molecule has 2 saturated carbocycles. The van der Waals surface area contributed by atoms with E-state index in [9.17, 15) is 27.6 Å². The van der Waals surface area contributed by atoms with Gasteiger partial charge in [-0.2, -0.15) is 0 Å². The van der Waals surface area contributed by atoms with E-state index in [1.54, 1.807) is 6.20 Å². The number of alkyl carbamates (subject to hydrolysis) is 1. The molecule has 2 aliphatic carbocycles. The van der Waals surface area contributed by atoms with Crippen molar-refractivity contribution in [2.45, 2.75) is 86.8 Å². The summed E-state index contributed by atoms with van der Waals surface area (Å²) >= 11 is 0. The topological polar surface area (TPSA) is 173 Å². The molecule has 2 aliphatic heterocycles. The van der Waals surface area contributed by atoms with Crippen molar-refractivity contribution >= 4 is 44.6 Å². The Bertz CT molecular complexity index is 1660. The molecule has 3 N–H and O–H groups in total. The van der Waals surface area contributed by atoms with Gasteiger partial charge >= 0.3 is 6.09 Å². The van der Waals surface area contributed by atoms with Gasteiger partial charge in [-0.1, -0.05) is 43.2 Å². The highest BCUT2D eigenvalue weighted by atomic mass is 32.2. The molecular formula is C32H39N5O8S. The highest BCUT2D eigenvalue weighted by molar-refractivity contribution is 7.91. The molecule has 2 aromatic rings. The standard InChI is InChI=1S/C32H39N5O8S/c1-44-31(41)34-25-12-6-4-2-3-5-10-21-18-32(21,30(40)36-46(42,43)23-13-14-23)35-27(38)26-17-22(19-37(26)29(25)39)45-28-24-11-8-7-9-20(24)15-16-33-28/h5,7-11,15-16,21-23,25-26H,2-4,6,12-14,17-19H2,1H3,(H,34,41)(H,35,38)(H,36,40)/b10-5-/t21-,22+,25-,26-,32+/m0/s1. The van der Waals surface area contributed by atoms with Crippen LogP contribution in [0.25, 0.3) is 10.8 Å². The van der Waals surface area contributed by atoms with E-state index >= 15 is 0 Å². The number of aromatic nitrogens is 1. The summed E-state index contributed by atoms with van der Waals surface area (Å²) in [6.07, 6.45) is 8.61. The van der Waals surface area contributed by atoms with E-state index in [2.05, 4.69) is 20.3 Å². The summed E-state index contributed by atoms with van der Waals surface area (Å²) in [4.78, 5) is 59.7. The van der Waals surface area contributed by atoms with Crippen molar-refractivity contribution in [3.8, 4) is 5.88 Å². The maximum absolute atomic E-state index is 14.1. The van der Waals surface area contributed by atoms with Gasteiger partial charge in [0.25, 0.3) is 5.91 Å². The van der Waals surface area contributed by atoms with Gasteiger partial charge in [-0.15, -0.1) is 0 Å². The molecular weight excluding hydrogens is 614 g/mol. The third kappa shape index (κ3) is 6.67. The number of carbonyl (C=O) groups excluding carboxylic acids is 4. The van der Waals surface area contributed by atoms with Gasteiger partial charge in [0, 0.05) is 23.9 Å². The summed E-state index contributed by atoms with van der Waals surface area (Å²) in [6.45, 7) is 0.0275. The average Bonchev–Trinajstić information content (AvgIpc) is 3.96. The molecule has 1 aromatic carbocycles. The Kier molecular flexibility index (Phi) is 8.90. The van der Waals surface area contributed by atoms with Gasteiger partial charge in [0.2, 0.25) is 27.7 Å². The second-order valence-corrected chi connectivity index (χ2v) is 14.5. The van der Waals surface area contributed by atoms with Gasteiger partial charge in [0.15, 0.2) is 0 Å². The molecule has 0 spiro atoms. The number of hydrogen-bond acceptors (Lipinski definition) is 9. The number of sulfonamides is 1. The van der Waals surface area contributed by atoms with Crippen LogP contribution in [-0.2, 0) is 29.1 Å². The Labute approximate surface area is 267 Å². The minimum absolute atomic E-state index is 0.0275. The number of rotatable bonds is 6. The van der Waals surface area contributed by atoms with Crippen LogP contribution in [0.1, 0.15) is 57.8 Å². The van der Waals surface area contributed by atoms with Crippen molar-refractivity contribution in [3.63, 3.8) is 0 Å². The molecule has 1 saturated heterocycles. The van der Waals surface area contributed by atoms with Crippen molar-refractivity contribution in [2.24, 2.45) is 5.92 Å². The van der Waals surface area contributed by atoms with Crippen LogP contribution in [-0.4, -0.2) is 84.7 Å². The molecule has 13 nitrogen and oxygen atoms in total. The molecule has 3 heterocycles. The number of carbonyl (C=O) groups is 4. The number of benzene rings is 1. The first kappa shape index (κ1) is 31.8. The number of nitrogens with one attached hydrogen (secondary N) is 3.